The molecule has 9 aromatic heterocycles. The van der Waals surface area contributed by atoms with Gasteiger partial charge in [0.25, 0.3) is 0 Å². The predicted molar refractivity (Wildman–Crippen MR) is 598 cm³/mol. The number of hydrogen-bond donors (Lipinski definition) is 0. The van der Waals surface area contributed by atoms with Crippen LogP contribution < -0.4 is 0 Å². The summed E-state index contributed by atoms with van der Waals surface area (Å²) in [6.07, 6.45) is 0. The van der Waals surface area contributed by atoms with Gasteiger partial charge in [0.15, 0.2) is 23.3 Å². The van der Waals surface area contributed by atoms with Crippen molar-refractivity contribution < 1.29 is 8.83 Å². The molecule has 0 fully saturated rings. The van der Waals surface area contributed by atoms with Gasteiger partial charge in [0.1, 0.15) is 22.3 Å². The Labute approximate surface area is 835 Å². The van der Waals surface area contributed by atoms with E-state index in [0.29, 0.717) is 29.2 Å². The van der Waals surface area contributed by atoms with E-state index in [0.717, 1.165) is 254 Å². The molecule has 9 heterocycles. The van der Waals surface area contributed by atoms with Crippen LogP contribution in [0.25, 0.3) is 300 Å². The maximum absolute atomic E-state index is 6.66. The Morgan fingerprint density at radius 1 is 0.137 bits per heavy atom. The molecule has 30 rings (SSSR count). The largest absolute Gasteiger partial charge is 0.456 e. The molecule has 0 amide bonds. The summed E-state index contributed by atoms with van der Waals surface area (Å²) in [5, 5.41) is 15.1. The zero-order chi connectivity index (χ0) is 95.7. The molecule has 30 aromatic rings. The first-order chi connectivity index (χ1) is 72.3. The molecule has 0 aliphatic carbocycles. The summed E-state index contributed by atoms with van der Waals surface area (Å²) in [6, 6.07) is 171. The third-order valence-electron chi connectivity index (χ3n) is 29.4. The smallest absolute Gasteiger partial charge is 0.235 e. The van der Waals surface area contributed by atoms with Gasteiger partial charge >= 0.3 is 0 Å². The fraction of sp³-hybridized carbons (Fsp3) is 0. The number of furan rings is 2. The summed E-state index contributed by atoms with van der Waals surface area (Å²) in [7, 11) is 0. The highest BCUT2D eigenvalue weighted by Crippen LogP contribution is 2.48. The van der Waals surface area contributed by atoms with Gasteiger partial charge in [-0.25, -0.2) is 34.9 Å². The fourth-order valence-corrected chi connectivity index (χ4v) is 22.4. The molecule has 0 radical (unpaired) electrons. The lowest BCUT2D eigenvalue weighted by atomic mass is 9.98. The third kappa shape index (κ3) is 13.4. The highest BCUT2D eigenvalue weighted by atomic mass is 16.3. The normalized spacial score (nSPS) is 12.0. The number of benzene rings is 21. The molecule has 0 aliphatic rings. The van der Waals surface area contributed by atoms with Crippen molar-refractivity contribution in [1.29, 1.82) is 0 Å². The first-order valence-electron chi connectivity index (χ1n) is 49.3. The van der Waals surface area contributed by atoms with Gasteiger partial charge in [-0.2, -0.15) is 0 Å². The van der Waals surface area contributed by atoms with Crippen molar-refractivity contribution in [2.24, 2.45) is 0 Å². The standard InChI is InChI=1S/C133H79N11O2/c1-7-25-81(26-8-1)127-101-38-19-22-40-113(101)134-131(136-127)94-54-67-125-111(77-94)109-75-91(52-65-123(109)145-125)89-49-62-119-106(72-89)105-71-87(85-46-59-116-103(69-85)99-37-21-24-42-115(99)141(116)96-33-15-5-16-34-96)48-61-118(105)142(119)98-56-43-80(44-57-98)93-45-58-100-104-70-86(47-60-117(104)143(122(100)79-93)97-35-17-6-18-36-97)88-50-63-120-107(73-88)108-74-90(51-64-121(108)144(120)133-135-114-41-23-20-39-102(114)128(137-133)82-27-9-2-10-28-82)92-53-66-124-110(76-92)112-78-95(55-68-126(112)146-124)132-139-129(83-29-11-3-12-30-83)138-130(140-132)84-31-13-4-14-32-84/h1-79H. The molecule has 146 heavy (non-hydrogen) atoms. The van der Waals surface area contributed by atoms with Gasteiger partial charge < -0.3 is 22.5 Å². The van der Waals surface area contributed by atoms with Crippen LogP contribution in [0.15, 0.2) is 488 Å². The Morgan fingerprint density at radius 3 is 0.829 bits per heavy atom. The topological polar surface area (TPSA) is 136 Å². The Morgan fingerprint density at radius 2 is 0.404 bits per heavy atom. The molecule has 13 nitrogen and oxygen atoms in total. The summed E-state index contributed by atoms with van der Waals surface area (Å²) in [5.74, 6) is 3.02. The molecular weight excluding hydrogens is 1780 g/mol. The molecule has 0 bridgehead atoms. The molecule has 0 unspecified atom stereocenters. The van der Waals surface area contributed by atoms with Gasteiger partial charge in [0.05, 0.1) is 66.6 Å². The summed E-state index contributed by atoms with van der Waals surface area (Å²) >= 11 is 0. The van der Waals surface area contributed by atoms with Crippen LogP contribution in [-0.2, 0) is 0 Å². The van der Waals surface area contributed by atoms with Crippen LogP contribution in [0.3, 0.4) is 0 Å². The Hall–Kier alpha value is -19.9. The molecule has 0 atom stereocenters. The zero-order valence-corrected chi connectivity index (χ0v) is 78.3. The van der Waals surface area contributed by atoms with Gasteiger partial charge in [-0.15, -0.1) is 0 Å². The second-order valence-electron chi connectivity index (χ2n) is 37.8. The van der Waals surface area contributed by atoms with Crippen molar-refractivity contribution in [2.45, 2.75) is 0 Å². The SMILES string of the molecule is c1ccc(-c2nc(-c3ccccc3)nc(-c3ccc4oc5ccc(-c6ccc7c(c6)c6cc(-c8ccc9c(c8)c8ccc(-c%10ccc(-n%11c%12ccc(-c%13ccc%14oc%15ccc(-c%16nc(-c%17ccccc%17)c%17ccccc%17n%16)cc%15c%14c%13)cc%12c%12cc(-c%13ccc%14c(c%13)c%13ccccc%13n%14-c%13ccccc%13)ccc%12%11)cc%10)cc8n9-c8ccccc8)ccc6n7-c6nc(-c7ccccc7)c7ccccc7n6)cc5c4c3)n2)cc1. The summed E-state index contributed by atoms with van der Waals surface area (Å²) in [5.41, 5.74) is 35.2. The van der Waals surface area contributed by atoms with E-state index < -0.39 is 0 Å². The van der Waals surface area contributed by atoms with E-state index in [1.165, 1.54) is 16.3 Å². The van der Waals surface area contributed by atoms with Crippen molar-refractivity contribution >= 4 is 153 Å². The highest BCUT2D eigenvalue weighted by Gasteiger charge is 2.27. The van der Waals surface area contributed by atoms with Crippen LogP contribution in [0.5, 0.6) is 0 Å². The number of hydrogen-bond acceptors (Lipinski definition) is 9. The predicted octanol–water partition coefficient (Wildman–Crippen LogP) is 34.3. The zero-order valence-electron chi connectivity index (χ0n) is 78.3. The van der Waals surface area contributed by atoms with Crippen molar-refractivity contribution in [3.05, 3.63) is 479 Å². The van der Waals surface area contributed by atoms with Crippen molar-refractivity contribution in [1.82, 2.24) is 53.2 Å². The number of fused-ring (bicyclic) bond motifs is 20. The van der Waals surface area contributed by atoms with Gasteiger partial charge in [-0.1, -0.05) is 285 Å². The minimum atomic E-state index is 0.574. The van der Waals surface area contributed by atoms with Gasteiger partial charge in [-0.05, 0) is 250 Å². The number of nitrogens with zero attached hydrogens (tertiary/aromatic N) is 11. The van der Waals surface area contributed by atoms with Crippen LogP contribution in [0, 0.1) is 0 Å². The lowest BCUT2D eigenvalue weighted by Gasteiger charge is -2.12. The van der Waals surface area contributed by atoms with E-state index in [1.807, 2.05) is 91.0 Å². The molecule has 0 aliphatic heterocycles. The lowest BCUT2D eigenvalue weighted by molar-refractivity contribution is 0.668. The van der Waals surface area contributed by atoms with Crippen molar-refractivity contribution in [3.8, 4) is 147 Å². The van der Waals surface area contributed by atoms with Crippen LogP contribution in [0.2, 0.25) is 0 Å². The molecule has 21 aromatic carbocycles. The lowest BCUT2D eigenvalue weighted by Crippen LogP contribution is -2.03. The van der Waals surface area contributed by atoms with Crippen LogP contribution in [-0.4, -0.2) is 53.2 Å². The molecule has 0 saturated heterocycles. The first kappa shape index (κ1) is 82.0. The molecule has 0 spiro atoms. The molecule has 0 saturated carbocycles. The number of rotatable bonds is 15. The average Bonchev–Trinajstić information content (AvgIpc) is 1.57. The second-order valence-corrected chi connectivity index (χ2v) is 37.8. The summed E-state index contributed by atoms with van der Waals surface area (Å²) in [4.78, 5) is 36.6. The van der Waals surface area contributed by atoms with Crippen molar-refractivity contribution in [2.75, 3.05) is 0 Å². The minimum Gasteiger partial charge on any atom is -0.456 e. The number of para-hydroxylation sites is 5. The molecular formula is C133H79N11O2. The Bertz CT molecular complexity index is 10600. The maximum Gasteiger partial charge on any atom is 0.235 e. The van der Waals surface area contributed by atoms with Crippen LogP contribution in [0.1, 0.15) is 0 Å². The van der Waals surface area contributed by atoms with Crippen LogP contribution >= 0.6 is 0 Å². The van der Waals surface area contributed by atoms with E-state index in [2.05, 4.69) is 407 Å². The first-order valence-corrected chi connectivity index (χ1v) is 49.3. The van der Waals surface area contributed by atoms with E-state index in [-0.39, 0.29) is 0 Å². The monoisotopic (exact) mass is 1860 g/mol. The third-order valence-corrected chi connectivity index (χ3v) is 29.4. The highest BCUT2D eigenvalue weighted by molar-refractivity contribution is 6.18. The Balaban J connectivity index is 0.530. The Kier molecular flexibility index (Phi) is 18.5. The van der Waals surface area contributed by atoms with E-state index in [9.17, 15) is 0 Å². The second kappa shape index (κ2) is 32.9. The quantitative estimate of drug-likeness (QED) is 0.0982. The van der Waals surface area contributed by atoms with Crippen molar-refractivity contribution in [3.63, 3.8) is 0 Å². The summed E-state index contributed by atoms with van der Waals surface area (Å²) in [6.45, 7) is 0. The molecule has 13 heteroatoms. The van der Waals surface area contributed by atoms with Crippen LogP contribution in [0.4, 0.5) is 0 Å². The van der Waals surface area contributed by atoms with E-state index in [4.69, 9.17) is 43.7 Å². The molecule has 0 N–H and O–H groups in total. The fourth-order valence-electron chi connectivity index (χ4n) is 22.4. The summed E-state index contributed by atoms with van der Waals surface area (Å²) < 4.78 is 22.8. The average molecular weight is 1860 g/mol. The van der Waals surface area contributed by atoms with Gasteiger partial charge in [-0.3, -0.25) is 4.57 Å². The van der Waals surface area contributed by atoms with Gasteiger partial charge in [0, 0.05) is 126 Å². The van der Waals surface area contributed by atoms with E-state index >= 15 is 0 Å². The maximum atomic E-state index is 6.66. The van der Waals surface area contributed by atoms with Gasteiger partial charge in [0.2, 0.25) is 5.95 Å². The number of aromatic nitrogens is 11. The van der Waals surface area contributed by atoms with E-state index in [1.54, 1.807) is 0 Å². The minimum absolute atomic E-state index is 0.574. The molecule has 678 valence electrons.